The first-order valence-corrected chi connectivity index (χ1v) is 18.4. The van der Waals surface area contributed by atoms with Gasteiger partial charge >= 0.3 is 207 Å². The standard InChI is InChI=1S/C23H33B9N4O8P2S/c1-2-14(23(43)44)4-8-21(41)33-12-22(42)36-18(7-6-17(38)13-47(30-24,31-25)32(26)27)19(39)9-15(20(40)11-35-46-29)3-5-16(37)10-34-45-28/h14-15,18H,2-13H2,1H3,(H,33,41)(H,36,42)(H,43,44). The normalized spacial score (nSPS) is 13.1. The number of aliphatic carboxylic acids is 1. The number of nitrogens with one attached hydrogen (secondary N) is 2. The fraction of sp³-hybridized carbons (Fsp3) is 0.696. The number of nitrogens with zero attached hydrogens (tertiary/aromatic N) is 2. The van der Waals surface area contributed by atoms with E-state index in [-0.39, 0.29) is 86.1 Å². The van der Waals surface area contributed by atoms with Gasteiger partial charge in [0.2, 0.25) is 0 Å². The third kappa shape index (κ3) is 18.5. The molecule has 0 aliphatic rings. The predicted molar refractivity (Wildman–Crippen MR) is 195 cm³/mol. The molecular formula is C23H33B9N4O8P2S. The fourth-order valence-electron chi connectivity index (χ4n) is 4.24. The molecule has 0 aliphatic carbocycles. The molecule has 0 bridgehead atoms. The number of carbonyl (C=O) groups excluding carboxylic acids is 6. The van der Waals surface area contributed by atoms with Crippen molar-refractivity contribution in [2.75, 3.05) is 25.4 Å². The molecule has 12 radical (unpaired) electrons. The van der Waals surface area contributed by atoms with Gasteiger partial charge in [0.05, 0.1) is 5.92 Å². The summed E-state index contributed by atoms with van der Waals surface area (Å²) in [5, 5.41) is 14.0. The summed E-state index contributed by atoms with van der Waals surface area (Å²) in [7, 11) is 31.5. The van der Waals surface area contributed by atoms with Crippen molar-refractivity contribution in [1.29, 1.82) is 0 Å². The Hall–Kier alpha value is -1.78. The van der Waals surface area contributed by atoms with Crippen molar-refractivity contribution >= 4 is 130 Å². The number of hydrogen-bond donors (Lipinski definition) is 3. The second-order valence-electron chi connectivity index (χ2n) is 10.5. The van der Waals surface area contributed by atoms with Gasteiger partial charge < -0.3 is 5.11 Å². The monoisotopic (exact) mass is 686 g/mol. The van der Waals surface area contributed by atoms with Crippen molar-refractivity contribution in [3.63, 3.8) is 0 Å². The van der Waals surface area contributed by atoms with Crippen molar-refractivity contribution < 1.29 is 38.7 Å². The van der Waals surface area contributed by atoms with E-state index in [1.165, 1.54) is 12.1 Å². The summed E-state index contributed by atoms with van der Waals surface area (Å²) >= 11 is 0. The number of hydrogen-bond acceptors (Lipinski definition) is 9. The molecule has 0 aliphatic heterocycles. The molecule has 0 rings (SSSR count). The van der Waals surface area contributed by atoms with Crippen LogP contribution in [0.5, 0.6) is 0 Å². The van der Waals surface area contributed by atoms with E-state index in [9.17, 15) is 33.6 Å². The summed E-state index contributed by atoms with van der Waals surface area (Å²) in [6.45, 7) is 0.695. The van der Waals surface area contributed by atoms with E-state index in [1.807, 2.05) is 0 Å². The Morgan fingerprint density at radius 1 is 0.830 bits per heavy atom. The zero-order chi connectivity index (χ0) is 36.0. The summed E-state index contributed by atoms with van der Waals surface area (Å²) in [5.74, 6) is -6.97. The van der Waals surface area contributed by atoms with Gasteiger partial charge in [0.25, 0.3) is 0 Å². The molecule has 0 saturated heterocycles. The number of ketones is 4. The van der Waals surface area contributed by atoms with Crippen molar-refractivity contribution in [3.05, 3.63) is 0 Å². The van der Waals surface area contributed by atoms with Gasteiger partial charge in [0, 0.05) is 0 Å². The molecular weight excluding hydrogens is 652 g/mol. The number of carboxylic acids is 1. The van der Waals surface area contributed by atoms with Crippen LogP contribution in [0.2, 0.25) is 0 Å². The van der Waals surface area contributed by atoms with Gasteiger partial charge in [-0.05, 0) is 12.8 Å². The Labute approximate surface area is 289 Å². The van der Waals surface area contributed by atoms with Crippen molar-refractivity contribution in [2.45, 2.75) is 64.3 Å². The average Bonchev–Trinajstić information content (AvgIpc) is 3.03. The van der Waals surface area contributed by atoms with Crippen molar-refractivity contribution in [1.82, 2.24) is 10.6 Å². The number of Topliss-reactive ketones (excluding diaryl/α,β-unsaturated/α-hetero) is 4. The van der Waals surface area contributed by atoms with E-state index in [2.05, 4.69) is 20.1 Å². The first kappa shape index (κ1) is 45.2. The molecule has 0 heterocycles. The van der Waals surface area contributed by atoms with Crippen LogP contribution in [-0.2, 0) is 33.6 Å². The number of carbonyl (C=O) groups is 7. The van der Waals surface area contributed by atoms with Crippen LogP contribution in [0.3, 0.4) is 0 Å². The molecule has 0 aromatic rings. The zero-order valence-corrected chi connectivity index (χ0v) is 29.0. The maximum atomic E-state index is 13.5. The molecule has 236 valence electrons. The SMILES string of the molecule is [B]B=S(=B[B])(CC(=O)CCC(NC(=O)CNC(=O)CCC(CC)C(=O)O)C(=O)CC(CCC(=O)CN=P[B])C(=O)CN=P[B])B([B])[B]. The fourth-order valence-corrected chi connectivity index (χ4v) is 6.25. The van der Waals surface area contributed by atoms with E-state index in [1.54, 1.807) is 6.92 Å². The second kappa shape index (κ2) is 25.2. The van der Waals surface area contributed by atoms with Crippen molar-refractivity contribution in [2.24, 2.45) is 21.3 Å². The average molecular weight is 685 g/mol. The molecule has 0 spiro atoms. The maximum absolute atomic E-state index is 13.5. The number of rotatable bonds is 25. The van der Waals surface area contributed by atoms with Crippen LogP contribution in [0.25, 0.3) is 0 Å². The Morgan fingerprint density at radius 2 is 1.40 bits per heavy atom. The van der Waals surface area contributed by atoms with Crippen LogP contribution < -0.4 is 10.6 Å². The third-order valence-electron chi connectivity index (χ3n) is 7.18. The Morgan fingerprint density at radius 3 is 1.94 bits per heavy atom. The van der Waals surface area contributed by atoms with Crippen molar-refractivity contribution in [3.8, 4) is 0 Å². The first-order valence-electron chi connectivity index (χ1n) is 14.6. The summed E-state index contributed by atoms with van der Waals surface area (Å²) < 4.78 is 7.57. The van der Waals surface area contributed by atoms with Gasteiger partial charge in [-0.15, -0.1) is 0 Å². The van der Waals surface area contributed by atoms with E-state index < -0.39 is 74.1 Å². The van der Waals surface area contributed by atoms with Gasteiger partial charge in [-0.1, -0.05) is 23.4 Å². The minimum absolute atomic E-state index is 0.00105. The summed E-state index contributed by atoms with van der Waals surface area (Å²) in [6, 6.07) is 1.11. The molecule has 3 atom stereocenters. The van der Waals surface area contributed by atoms with E-state index in [0.29, 0.717) is 6.42 Å². The van der Waals surface area contributed by atoms with E-state index in [0.717, 1.165) is 0 Å². The van der Waals surface area contributed by atoms with E-state index >= 15 is 0 Å². The molecule has 24 heteroatoms. The third-order valence-corrected chi connectivity index (χ3v) is 10.6. The van der Waals surface area contributed by atoms with Crippen LogP contribution >= 0.6 is 25.2 Å². The summed E-state index contributed by atoms with van der Waals surface area (Å²) in [4.78, 5) is 87.7. The zero-order valence-electron chi connectivity index (χ0n) is 26.4. The Bertz CT molecular complexity index is 1300. The number of carboxylic acid groups (broad SMARTS) is 1. The van der Waals surface area contributed by atoms with Gasteiger partial charge in [-0.2, -0.15) is 0 Å². The van der Waals surface area contributed by atoms with Gasteiger partial charge in [0.1, 0.15) is 6.54 Å². The molecule has 2 amide bonds. The number of amides is 2. The predicted octanol–water partition coefficient (Wildman–Crippen LogP) is -0.720. The first-order chi connectivity index (χ1) is 22.2. The minimum atomic E-state index is -2.34. The molecule has 3 N–H and O–H groups in total. The van der Waals surface area contributed by atoms with Crippen LogP contribution in [0.15, 0.2) is 9.49 Å². The molecule has 0 saturated carbocycles. The molecule has 0 aromatic heterocycles. The van der Waals surface area contributed by atoms with Crippen LogP contribution in [0.1, 0.15) is 58.3 Å². The molecule has 0 aromatic carbocycles. The van der Waals surface area contributed by atoms with Crippen LogP contribution in [0, 0.1) is 11.8 Å². The van der Waals surface area contributed by atoms with Crippen LogP contribution in [0.4, 0.5) is 0 Å². The topological polar surface area (TPSA) is 188 Å². The molecule has 3 unspecified atom stereocenters. The van der Waals surface area contributed by atoms with E-state index in [4.69, 9.17) is 51.2 Å². The second-order valence-corrected chi connectivity index (χ2v) is 14.7. The quantitative estimate of drug-likeness (QED) is 0.0830. The Balaban J connectivity index is 5.88. The van der Waals surface area contributed by atoms with Crippen LogP contribution in [-0.4, -0.2) is 141 Å². The summed E-state index contributed by atoms with van der Waals surface area (Å²) in [5.41, 5.74) is 0. The Kier molecular flexibility index (Phi) is 24.3. The van der Waals surface area contributed by atoms with Gasteiger partial charge in [0.15, 0.2) is 15.1 Å². The molecule has 12 nitrogen and oxygen atoms in total. The molecule has 47 heavy (non-hydrogen) atoms. The van der Waals surface area contributed by atoms with Gasteiger partial charge in [-0.3, -0.25) is 14.3 Å². The molecule has 0 fully saturated rings. The van der Waals surface area contributed by atoms with Gasteiger partial charge in [-0.25, -0.2) is 0 Å². The summed E-state index contributed by atoms with van der Waals surface area (Å²) in [6.07, 6.45) is -0.583.